The van der Waals surface area contributed by atoms with Gasteiger partial charge in [0.15, 0.2) is 22.8 Å². The molecule has 2 aromatic heterocycles. The minimum absolute atomic E-state index is 0.0388. The molecule has 27 heavy (non-hydrogen) atoms. The Kier molecular flexibility index (Phi) is 3.55. The van der Waals surface area contributed by atoms with Gasteiger partial charge >= 0.3 is 6.18 Å². The third kappa shape index (κ3) is 2.69. The molecule has 9 heteroatoms. The second kappa shape index (κ2) is 5.85. The SMILES string of the molecule is FC(F)(F)c1cc(-c2ccc3c(c2)OCO3)nc2c(C3CCCN3)cnn12. The molecule has 0 amide bonds. The van der Waals surface area contributed by atoms with Crippen LogP contribution in [0.5, 0.6) is 11.5 Å². The molecule has 1 N–H and O–H groups in total. The number of fused-ring (bicyclic) bond motifs is 2. The number of ether oxygens (including phenoxy) is 2. The van der Waals surface area contributed by atoms with Gasteiger partial charge < -0.3 is 14.8 Å². The van der Waals surface area contributed by atoms with E-state index >= 15 is 0 Å². The number of hydrogen-bond acceptors (Lipinski definition) is 5. The third-order valence-corrected chi connectivity index (χ3v) is 4.89. The lowest BCUT2D eigenvalue weighted by molar-refractivity contribution is -0.142. The summed E-state index contributed by atoms with van der Waals surface area (Å²) in [5.41, 5.74) is 0.786. The summed E-state index contributed by atoms with van der Waals surface area (Å²) < 4.78 is 52.5. The molecule has 0 aliphatic carbocycles. The lowest BCUT2D eigenvalue weighted by Crippen LogP contribution is -2.15. The van der Waals surface area contributed by atoms with E-state index in [0.29, 0.717) is 22.6 Å². The van der Waals surface area contributed by atoms with Gasteiger partial charge in [-0.2, -0.15) is 18.3 Å². The van der Waals surface area contributed by atoms with Crippen molar-refractivity contribution in [2.24, 2.45) is 0 Å². The van der Waals surface area contributed by atoms with Crippen LogP contribution < -0.4 is 14.8 Å². The van der Waals surface area contributed by atoms with Gasteiger partial charge in [0.2, 0.25) is 6.79 Å². The minimum atomic E-state index is -4.56. The molecule has 4 heterocycles. The van der Waals surface area contributed by atoms with Crippen molar-refractivity contribution in [3.05, 3.63) is 41.7 Å². The maximum absolute atomic E-state index is 13.7. The highest BCUT2D eigenvalue weighted by molar-refractivity contribution is 5.67. The molecule has 2 aliphatic heterocycles. The molecule has 1 aromatic carbocycles. The van der Waals surface area contributed by atoms with E-state index in [0.717, 1.165) is 30.0 Å². The Morgan fingerprint density at radius 3 is 2.78 bits per heavy atom. The average Bonchev–Trinajstić information content (AvgIpc) is 3.38. The van der Waals surface area contributed by atoms with Crippen molar-refractivity contribution in [3.63, 3.8) is 0 Å². The van der Waals surface area contributed by atoms with Crippen LogP contribution in [-0.2, 0) is 6.18 Å². The number of nitrogens with zero attached hydrogens (tertiary/aromatic N) is 3. The highest BCUT2D eigenvalue weighted by atomic mass is 19.4. The first-order valence-corrected chi connectivity index (χ1v) is 8.60. The monoisotopic (exact) mass is 376 g/mol. The number of nitrogens with one attached hydrogen (secondary N) is 1. The van der Waals surface area contributed by atoms with Crippen LogP contribution in [0.4, 0.5) is 13.2 Å². The molecule has 0 bridgehead atoms. The molecule has 1 saturated heterocycles. The quantitative estimate of drug-likeness (QED) is 0.741. The zero-order valence-corrected chi connectivity index (χ0v) is 14.1. The second-order valence-electron chi connectivity index (χ2n) is 6.58. The predicted octanol–water partition coefficient (Wildman–Crippen LogP) is 3.57. The Labute approximate surface area is 151 Å². The largest absolute Gasteiger partial charge is 0.454 e. The smallest absolute Gasteiger partial charge is 0.433 e. The fraction of sp³-hybridized carbons (Fsp3) is 0.333. The lowest BCUT2D eigenvalue weighted by atomic mass is 10.1. The molecule has 0 saturated carbocycles. The highest BCUT2D eigenvalue weighted by Gasteiger charge is 2.36. The summed E-state index contributed by atoms with van der Waals surface area (Å²) in [7, 11) is 0. The van der Waals surface area contributed by atoms with Crippen LogP contribution in [0.25, 0.3) is 16.9 Å². The number of aromatic nitrogens is 3. The molecule has 3 aromatic rings. The lowest BCUT2D eigenvalue weighted by Gasteiger charge is -2.13. The topological polar surface area (TPSA) is 60.7 Å². The molecule has 1 atom stereocenters. The summed E-state index contributed by atoms with van der Waals surface area (Å²) in [6.07, 6.45) is -1.27. The average molecular weight is 376 g/mol. The molecular formula is C18H15F3N4O2. The van der Waals surface area contributed by atoms with Gasteiger partial charge in [-0.05, 0) is 43.7 Å². The van der Waals surface area contributed by atoms with Gasteiger partial charge in [-0.25, -0.2) is 9.50 Å². The second-order valence-corrected chi connectivity index (χ2v) is 6.58. The molecule has 1 unspecified atom stereocenters. The molecule has 1 fully saturated rings. The number of halogens is 3. The van der Waals surface area contributed by atoms with Gasteiger partial charge in [-0.15, -0.1) is 0 Å². The van der Waals surface area contributed by atoms with Crippen molar-refractivity contribution in [3.8, 4) is 22.8 Å². The number of hydrogen-bond donors (Lipinski definition) is 1. The maximum atomic E-state index is 13.7. The standard InChI is InChI=1S/C18H15F3N4O2/c19-18(20,21)16-7-13(10-3-4-14-15(6-10)27-9-26-14)24-17-11(8-23-25(16)17)12-2-1-5-22-12/h3-4,6-8,12,22H,1-2,5,9H2. The van der Waals surface area contributed by atoms with Crippen LogP contribution in [0.15, 0.2) is 30.5 Å². The van der Waals surface area contributed by atoms with E-state index in [1.807, 2.05) is 0 Å². The first-order chi connectivity index (χ1) is 13.0. The van der Waals surface area contributed by atoms with Crippen LogP contribution in [0, 0.1) is 0 Å². The molecule has 0 spiro atoms. The maximum Gasteiger partial charge on any atom is 0.433 e. The van der Waals surface area contributed by atoms with Crippen molar-refractivity contribution in [2.45, 2.75) is 25.1 Å². The fourth-order valence-electron chi connectivity index (χ4n) is 3.58. The summed E-state index contributed by atoms with van der Waals surface area (Å²) in [6.45, 7) is 0.926. The molecule has 0 radical (unpaired) electrons. The van der Waals surface area contributed by atoms with E-state index in [9.17, 15) is 13.2 Å². The summed E-state index contributed by atoms with van der Waals surface area (Å²) >= 11 is 0. The van der Waals surface area contributed by atoms with E-state index in [4.69, 9.17) is 9.47 Å². The minimum Gasteiger partial charge on any atom is -0.454 e. The van der Waals surface area contributed by atoms with Gasteiger partial charge in [-0.1, -0.05) is 0 Å². The summed E-state index contributed by atoms with van der Waals surface area (Å²) in [4.78, 5) is 4.51. The Balaban J connectivity index is 1.71. The molecule has 2 aliphatic rings. The highest BCUT2D eigenvalue weighted by Crippen LogP contribution is 2.38. The number of rotatable bonds is 2. The Morgan fingerprint density at radius 1 is 1.15 bits per heavy atom. The van der Waals surface area contributed by atoms with E-state index < -0.39 is 11.9 Å². The van der Waals surface area contributed by atoms with E-state index in [1.165, 1.54) is 6.20 Å². The Bertz CT molecular complexity index is 1030. The third-order valence-electron chi connectivity index (χ3n) is 4.89. The van der Waals surface area contributed by atoms with E-state index in [2.05, 4.69) is 15.4 Å². The van der Waals surface area contributed by atoms with E-state index in [1.54, 1.807) is 18.2 Å². The molecule has 6 nitrogen and oxygen atoms in total. The number of benzene rings is 1. The zero-order valence-electron chi connectivity index (χ0n) is 14.1. The van der Waals surface area contributed by atoms with Gasteiger partial charge in [0.1, 0.15) is 0 Å². The van der Waals surface area contributed by atoms with Crippen LogP contribution in [0.2, 0.25) is 0 Å². The summed E-state index contributed by atoms with van der Waals surface area (Å²) in [6, 6.07) is 5.97. The number of alkyl halides is 3. The van der Waals surface area contributed by atoms with Crippen LogP contribution >= 0.6 is 0 Å². The first-order valence-electron chi connectivity index (χ1n) is 8.60. The van der Waals surface area contributed by atoms with Crippen LogP contribution in [0.1, 0.15) is 30.1 Å². The van der Waals surface area contributed by atoms with Crippen molar-refractivity contribution in [2.75, 3.05) is 13.3 Å². The predicted molar refractivity (Wildman–Crippen MR) is 89.5 cm³/mol. The molecular weight excluding hydrogens is 361 g/mol. The van der Waals surface area contributed by atoms with Crippen molar-refractivity contribution in [1.82, 2.24) is 19.9 Å². The van der Waals surface area contributed by atoms with Crippen LogP contribution in [0.3, 0.4) is 0 Å². The Hall–Kier alpha value is -2.81. The zero-order chi connectivity index (χ0) is 18.6. The summed E-state index contributed by atoms with van der Waals surface area (Å²) in [5.74, 6) is 1.06. The van der Waals surface area contributed by atoms with Crippen LogP contribution in [-0.4, -0.2) is 27.9 Å². The fourth-order valence-corrected chi connectivity index (χ4v) is 3.58. The Morgan fingerprint density at radius 2 is 2.00 bits per heavy atom. The van der Waals surface area contributed by atoms with Gasteiger partial charge in [-0.3, -0.25) is 0 Å². The molecule has 5 rings (SSSR count). The van der Waals surface area contributed by atoms with E-state index in [-0.39, 0.29) is 24.2 Å². The van der Waals surface area contributed by atoms with Crippen molar-refractivity contribution in [1.29, 1.82) is 0 Å². The summed E-state index contributed by atoms with van der Waals surface area (Å²) in [5, 5.41) is 7.26. The van der Waals surface area contributed by atoms with Crippen molar-refractivity contribution >= 4 is 5.65 Å². The van der Waals surface area contributed by atoms with Gasteiger partial charge in [0.25, 0.3) is 0 Å². The normalized spacial score (nSPS) is 19.1. The first kappa shape index (κ1) is 16.4. The van der Waals surface area contributed by atoms with Gasteiger partial charge in [0.05, 0.1) is 11.9 Å². The molecule has 140 valence electrons. The van der Waals surface area contributed by atoms with Gasteiger partial charge in [0, 0.05) is 17.2 Å². The van der Waals surface area contributed by atoms with Crippen molar-refractivity contribution < 1.29 is 22.6 Å².